The van der Waals surface area contributed by atoms with Crippen LogP contribution in [0, 0.1) is 0 Å². The molecule has 4 aliphatic rings. The quantitative estimate of drug-likeness (QED) is 0.400. The summed E-state index contributed by atoms with van der Waals surface area (Å²) in [5, 5.41) is 3.05. The van der Waals surface area contributed by atoms with E-state index in [9.17, 15) is 14.4 Å². The molecule has 4 aliphatic heterocycles. The van der Waals surface area contributed by atoms with Crippen molar-refractivity contribution in [1.29, 1.82) is 0 Å². The summed E-state index contributed by atoms with van der Waals surface area (Å²) in [6.45, 7) is 5.29. The van der Waals surface area contributed by atoms with Crippen molar-refractivity contribution in [3.63, 3.8) is 0 Å². The average Bonchev–Trinajstić information content (AvgIpc) is 3.53. The summed E-state index contributed by atoms with van der Waals surface area (Å²) in [7, 11) is 0. The van der Waals surface area contributed by atoms with Crippen molar-refractivity contribution in [3.05, 3.63) is 62.5 Å². The van der Waals surface area contributed by atoms with Gasteiger partial charge in [0.05, 0.1) is 0 Å². The molecule has 3 saturated heterocycles. The van der Waals surface area contributed by atoms with E-state index in [1.807, 2.05) is 46.2 Å². The van der Waals surface area contributed by atoms with E-state index in [1.54, 1.807) is 4.90 Å². The number of hydrogen-bond acceptors (Lipinski definition) is 5. The van der Waals surface area contributed by atoms with Gasteiger partial charge in [-0.1, -0.05) is 24.3 Å². The molecule has 6 rings (SSSR count). The zero-order chi connectivity index (χ0) is 30.6. The van der Waals surface area contributed by atoms with Crippen LogP contribution in [-0.2, 0) is 22.4 Å². The number of carbonyl (C=O) groups is 3. The molecule has 1 N–H and O–H groups in total. The molecule has 0 radical (unpaired) electrons. The number of nitrogens with zero attached hydrogens (tertiary/aromatic N) is 4. The Labute approximate surface area is 276 Å². The molecule has 9 nitrogen and oxygen atoms in total. The van der Waals surface area contributed by atoms with Crippen molar-refractivity contribution in [3.8, 4) is 0 Å². The molecule has 0 unspecified atom stereocenters. The smallest absolute Gasteiger partial charge is 0.410 e. The summed E-state index contributed by atoms with van der Waals surface area (Å²) in [5.74, 6) is -0.118. The standard InChI is InChI=1S/C33H41Br2N5O4/c34-27-8-7-23(21-28(27)35)22-30(31(41)38-16-10-25(11-17-38)37-14-3-4-15-37)44-33(43)39-18-12-26(13-19-39)40-20-9-24-5-1-2-6-29(24)36-32(40)42/h1-2,5-8,21,25-26,30H,3-4,9-20,22H2,(H,36,42)/t30-/m1/s1. The summed E-state index contributed by atoms with van der Waals surface area (Å²) in [5.41, 5.74) is 2.93. The van der Waals surface area contributed by atoms with Crippen LogP contribution < -0.4 is 5.32 Å². The Morgan fingerprint density at radius 3 is 2.25 bits per heavy atom. The molecule has 1 atom stereocenters. The Balaban J connectivity index is 1.07. The minimum Gasteiger partial charge on any atom is -0.436 e. The Morgan fingerprint density at radius 2 is 1.52 bits per heavy atom. The molecule has 4 amide bonds. The van der Waals surface area contributed by atoms with Crippen LogP contribution in [0.3, 0.4) is 0 Å². The number of rotatable bonds is 6. The molecule has 236 valence electrons. The largest absolute Gasteiger partial charge is 0.436 e. The summed E-state index contributed by atoms with van der Waals surface area (Å²) in [6, 6.07) is 14.3. The molecule has 0 aliphatic carbocycles. The fourth-order valence-electron chi connectivity index (χ4n) is 7.12. The molecule has 0 bridgehead atoms. The van der Waals surface area contributed by atoms with Crippen LogP contribution in [0.25, 0.3) is 0 Å². The summed E-state index contributed by atoms with van der Waals surface area (Å²) < 4.78 is 7.85. The minimum atomic E-state index is -0.897. The Morgan fingerprint density at radius 1 is 0.841 bits per heavy atom. The maximum Gasteiger partial charge on any atom is 0.410 e. The first-order chi connectivity index (χ1) is 21.4. The molecular formula is C33H41Br2N5O4. The lowest BCUT2D eigenvalue weighted by atomic mass is 10.0. The molecule has 2 aromatic rings. The Hall–Kier alpha value is -2.63. The highest BCUT2D eigenvalue weighted by molar-refractivity contribution is 9.13. The van der Waals surface area contributed by atoms with Crippen LogP contribution in [0.2, 0.25) is 0 Å². The SMILES string of the molecule is O=C(O[C@H](Cc1ccc(Br)c(Br)c1)C(=O)N1CCC(N2CCCC2)CC1)N1CCC(N2CCc3ccccc3NC2=O)CC1. The van der Waals surface area contributed by atoms with Gasteiger partial charge in [-0.05, 0) is 119 Å². The zero-order valence-corrected chi connectivity index (χ0v) is 28.2. The number of para-hydroxylation sites is 1. The highest BCUT2D eigenvalue weighted by Crippen LogP contribution is 2.28. The van der Waals surface area contributed by atoms with Crippen molar-refractivity contribution >= 4 is 55.6 Å². The third-order valence-corrected chi connectivity index (χ3v) is 11.5. The molecule has 0 spiro atoms. The second-order valence-corrected chi connectivity index (χ2v) is 14.1. The summed E-state index contributed by atoms with van der Waals surface area (Å²) >= 11 is 7.08. The van der Waals surface area contributed by atoms with Gasteiger partial charge in [0.1, 0.15) is 0 Å². The fourth-order valence-corrected chi connectivity index (χ4v) is 7.79. The number of halogens is 2. The lowest BCUT2D eigenvalue weighted by Gasteiger charge is -2.39. The van der Waals surface area contributed by atoms with Gasteiger partial charge in [-0.25, -0.2) is 9.59 Å². The molecule has 11 heteroatoms. The predicted octanol–water partition coefficient (Wildman–Crippen LogP) is 5.90. The molecule has 2 aromatic carbocycles. The Kier molecular flexibility index (Phi) is 10.1. The van der Waals surface area contributed by atoms with Crippen LogP contribution >= 0.6 is 31.9 Å². The van der Waals surface area contributed by atoms with Gasteiger partial charge < -0.3 is 29.7 Å². The van der Waals surface area contributed by atoms with Crippen LogP contribution in [0.4, 0.5) is 15.3 Å². The van der Waals surface area contributed by atoms with Crippen LogP contribution in [0.5, 0.6) is 0 Å². The number of nitrogens with one attached hydrogen (secondary N) is 1. The van der Waals surface area contributed by atoms with E-state index in [0.717, 1.165) is 58.1 Å². The van der Waals surface area contributed by atoms with Gasteiger partial charge in [0.25, 0.3) is 5.91 Å². The van der Waals surface area contributed by atoms with Gasteiger partial charge in [0.2, 0.25) is 0 Å². The Bertz CT molecular complexity index is 1350. The van der Waals surface area contributed by atoms with Gasteiger partial charge >= 0.3 is 12.1 Å². The van der Waals surface area contributed by atoms with Crippen LogP contribution in [0.1, 0.15) is 49.7 Å². The lowest BCUT2D eigenvalue weighted by molar-refractivity contribution is -0.142. The topological polar surface area (TPSA) is 85.4 Å². The molecule has 0 saturated carbocycles. The molecule has 0 aromatic heterocycles. The zero-order valence-electron chi connectivity index (χ0n) is 25.1. The van der Waals surface area contributed by atoms with Gasteiger partial charge in [0, 0.05) is 65.9 Å². The second-order valence-electron chi connectivity index (χ2n) is 12.4. The first-order valence-electron chi connectivity index (χ1n) is 15.9. The maximum atomic E-state index is 13.9. The number of benzene rings is 2. The van der Waals surface area contributed by atoms with Crippen molar-refractivity contribution in [2.24, 2.45) is 0 Å². The van der Waals surface area contributed by atoms with E-state index in [-0.39, 0.29) is 18.0 Å². The summed E-state index contributed by atoms with van der Waals surface area (Å²) in [4.78, 5) is 48.5. The number of likely N-dealkylation sites (tertiary alicyclic amines) is 3. The van der Waals surface area contributed by atoms with Gasteiger partial charge in [-0.3, -0.25) is 4.79 Å². The van der Waals surface area contributed by atoms with E-state index >= 15 is 0 Å². The van der Waals surface area contributed by atoms with Gasteiger partial charge in [-0.2, -0.15) is 0 Å². The highest BCUT2D eigenvalue weighted by Gasteiger charge is 2.36. The first kappa shape index (κ1) is 31.4. The number of ether oxygens (including phenoxy) is 1. The van der Waals surface area contributed by atoms with Crippen molar-refractivity contribution in [1.82, 2.24) is 19.6 Å². The third kappa shape index (κ3) is 7.26. The molecule has 4 heterocycles. The molecule has 3 fully saturated rings. The average molecular weight is 732 g/mol. The first-order valence-corrected chi connectivity index (χ1v) is 17.5. The fraction of sp³-hybridized carbons (Fsp3) is 0.545. The summed E-state index contributed by atoms with van der Waals surface area (Å²) in [6.07, 6.45) is 5.52. The van der Waals surface area contributed by atoms with Gasteiger partial charge in [-0.15, -0.1) is 0 Å². The van der Waals surface area contributed by atoms with Crippen LogP contribution in [0.15, 0.2) is 51.4 Å². The monoisotopic (exact) mass is 729 g/mol. The molecular weight excluding hydrogens is 690 g/mol. The minimum absolute atomic E-state index is 0.0443. The number of fused-ring (bicyclic) bond motifs is 1. The number of hydrogen-bond donors (Lipinski definition) is 1. The number of amides is 4. The number of urea groups is 1. The van der Waals surface area contributed by atoms with Crippen molar-refractivity contribution < 1.29 is 19.1 Å². The predicted molar refractivity (Wildman–Crippen MR) is 177 cm³/mol. The number of carbonyl (C=O) groups excluding carboxylic acids is 3. The number of anilines is 1. The number of piperidine rings is 2. The van der Waals surface area contributed by atoms with E-state index < -0.39 is 12.2 Å². The molecule has 44 heavy (non-hydrogen) atoms. The highest BCUT2D eigenvalue weighted by atomic mass is 79.9. The van der Waals surface area contributed by atoms with E-state index in [4.69, 9.17) is 4.74 Å². The van der Waals surface area contributed by atoms with Gasteiger partial charge in [0.15, 0.2) is 6.10 Å². The maximum absolute atomic E-state index is 13.9. The van der Waals surface area contributed by atoms with Crippen molar-refractivity contribution in [2.45, 2.75) is 69.6 Å². The normalized spacial score (nSPS) is 21.0. The lowest BCUT2D eigenvalue weighted by Crippen LogP contribution is -2.52. The second kappa shape index (κ2) is 14.2. The van der Waals surface area contributed by atoms with Crippen molar-refractivity contribution in [2.75, 3.05) is 51.1 Å². The van der Waals surface area contributed by atoms with E-state index in [2.05, 4.69) is 48.1 Å². The van der Waals surface area contributed by atoms with E-state index in [0.29, 0.717) is 58.0 Å². The van der Waals surface area contributed by atoms with Crippen LogP contribution in [-0.4, -0.2) is 102 Å². The third-order valence-electron chi connectivity index (χ3n) is 9.66. The van der Waals surface area contributed by atoms with E-state index in [1.165, 1.54) is 12.8 Å².